The molecule has 0 spiro atoms. The molecule has 0 aromatic heterocycles. The van der Waals surface area contributed by atoms with Crippen LogP contribution in [0.4, 0.5) is 11.4 Å². The second-order valence-corrected chi connectivity index (χ2v) is 23.9. The number of benzene rings is 2. The van der Waals surface area contributed by atoms with Gasteiger partial charge in [-0.15, -0.1) is 0 Å². The van der Waals surface area contributed by atoms with Crippen molar-refractivity contribution in [3.8, 4) is 5.75 Å². The Morgan fingerprint density at radius 2 is 1.29 bits per heavy atom. The summed E-state index contributed by atoms with van der Waals surface area (Å²) in [6, 6.07) is 9.28. The summed E-state index contributed by atoms with van der Waals surface area (Å²) in [4.78, 5) is 30.4. The largest absolute Gasteiger partial charge is 0.494 e. The molecule has 1 aliphatic heterocycles. The third-order valence-electron chi connectivity index (χ3n) is 8.16. The van der Waals surface area contributed by atoms with Crippen LogP contribution < -0.4 is 15.0 Å². The highest BCUT2D eigenvalue weighted by Gasteiger charge is 2.61. The lowest BCUT2D eigenvalue weighted by atomic mass is 9.69. The van der Waals surface area contributed by atoms with Crippen molar-refractivity contribution in [3.05, 3.63) is 52.6 Å². The first-order valence-electron chi connectivity index (χ1n) is 15.3. The van der Waals surface area contributed by atoms with Gasteiger partial charge in [0.05, 0.1) is 42.5 Å². The third-order valence-corrected chi connectivity index (χ3v) is 10.1. The maximum atomic E-state index is 14.5. The molecule has 1 saturated heterocycles. The first kappa shape index (κ1) is 31.0. The fraction of sp³-hybridized carbons (Fsp3) is 0.576. The summed E-state index contributed by atoms with van der Waals surface area (Å²) < 4.78 is 20.4. The fourth-order valence-corrected chi connectivity index (χ4v) is 8.98. The van der Waals surface area contributed by atoms with E-state index in [0.29, 0.717) is 5.69 Å². The number of carbonyl (C=O) groups excluding carboxylic acids is 2. The Morgan fingerprint density at radius 3 is 1.76 bits per heavy atom. The number of hydrogen-bond acceptors (Lipinski definition) is 6. The van der Waals surface area contributed by atoms with Gasteiger partial charge in [0.25, 0.3) is 0 Å². The number of amides is 2. The van der Waals surface area contributed by atoms with E-state index in [9.17, 15) is 9.59 Å². The molecule has 2 aromatic rings. The number of nitrogens with one attached hydrogen (secondary N) is 1. The average molecular weight is 609 g/mol. The molecule has 1 N–H and O–H groups in total. The van der Waals surface area contributed by atoms with E-state index < -0.39 is 40.7 Å². The summed E-state index contributed by atoms with van der Waals surface area (Å²) >= 11 is 0. The standard InChI is InChI=1S/C33H48N2O5Si2/c1-33(2,3)34-27-22-19-15-14-18-21(22)23-24(30(27)38-4)29(40-42(8,9)10)26-25(28(23)39-41(5,6)7)31(36)35(32(26)37)20-16-12-11-13-17-20/h11-13,16-17,25-26,28-29,34H,14-15,18-19H2,1-10H3/t25-,26+,28+,29-/m0/s1. The molecule has 228 valence electrons. The van der Waals surface area contributed by atoms with Crippen LogP contribution in [0.5, 0.6) is 5.75 Å². The number of ether oxygens (including phenoxy) is 1. The van der Waals surface area contributed by atoms with Crippen LogP contribution in [-0.4, -0.2) is 41.1 Å². The number of hydrogen-bond donors (Lipinski definition) is 1. The summed E-state index contributed by atoms with van der Waals surface area (Å²) in [6.45, 7) is 19.3. The van der Waals surface area contributed by atoms with Crippen molar-refractivity contribution in [3.63, 3.8) is 0 Å². The van der Waals surface area contributed by atoms with Gasteiger partial charge < -0.3 is 18.9 Å². The van der Waals surface area contributed by atoms with E-state index in [1.807, 2.05) is 30.3 Å². The fourth-order valence-electron chi connectivity index (χ4n) is 6.93. The van der Waals surface area contributed by atoms with Gasteiger partial charge in [0.2, 0.25) is 11.8 Å². The zero-order valence-electron chi connectivity index (χ0n) is 27.0. The summed E-state index contributed by atoms with van der Waals surface area (Å²) in [5.41, 5.74) is 5.79. The van der Waals surface area contributed by atoms with Gasteiger partial charge in [-0.25, -0.2) is 4.90 Å². The highest BCUT2D eigenvalue weighted by atomic mass is 28.4. The lowest BCUT2D eigenvalue weighted by Gasteiger charge is -2.45. The summed E-state index contributed by atoms with van der Waals surface area (Å²) in [5.74, 6) is -1.08. The van der Waals surface area contributed by atoms with Crippen molar-refractivity contribution < 1.29 is 23.2 Å². The van der Waals surface area contributed by atoms with Gasteiger partial charge >= 0.3 is 0 Å². The van der Waals surface area contributed by atoms with E-state index in [0.717, 1.165) is 48.2 Å². The van der Waals surface area contributed by atoms with Crippen LogP contribution >= 0.6 is 0 Å². The zero-order valence-corrected chi connectivity index (χ0v) is 29.0. The van der Waals surface area contributed by atoms with Crippen molar-refractivity contribution in [2.75, 3.05) is 17.3 Å². The van der Waals surface area contributed by atoms with Crippen molar-refractivity contribution in [2.24, 2.45) is 11.8 Å². The average Bonchev–Trinajstić information content (AvgIpc) is 3.14. The summed E-state index contributed by atoms with van der Waals surface area (Å²) in [7, 11) is -2.70. The minimum absolute atomic E-state index is 0.199. The van der Waals surface area contributed by atoms with E-state index in [1.54, 1.807) is 7.11 Å². The number of imide groups is 1. The first-order valence-corrected chi connectivity index (χ1v) is 22.2. The molecule has 2 amide bonds. The molecule has 5 rings (SSSR count). The van der Waals surface area contributed by atoms with Crippen molar-refractivity contribution in [2.45, 2.75) is 103 Å². The van der Waals surface area contributed by atoms with Crippen LogP contribution in [0.1, 0.15) is 68.1 Å². The van der Waals surface area contributed by atoms with Crippen LogP contribution in [0.2, 0.25) is 39.3 Å². The number of fused-ring (bicyclic) bond motifs is 4. The molecule has 0 bridgehead atoms. The topological polar surface area (TPSA) is 77.1 Å². The molecule has 1 fully saturated rings. The van der Waals surface area contributed by atoms with Crippen LogP contribution in [0, 0.1) is 11.8 Å². The van der Waals surface area contributed by atoms with Gasteiger partial charge in [0.1, 0.15) is 5.75 Å². The monoisotopic (exact) mass is 608 g/mol. The van der Waals surface area contributed by atoms with Gasteiger partial charge in [0.15, 0.2) is 16.6 Å². The lowest BCUT2D eigenvalue weighted by molar-refractivity contribution is -0.129. The number of nitrogens with zero attached hydrogens (tertiary/aromatic N) is 1. The molecule has 42 heavy (non-hydrogen) atoms. The molecule has 2 aliphatic carbocycles. The van der Waals surface area contributed by atoms with Gasteiger partial charge in [0, 0.05) is 11.1 Å². The number of rotatable bonds is 7. The predicted octanol–water partition coefficient (Wildman–Crippen LogP) is 7.39. The summed E-state index contributed by atoms with van der Waals surface area (Å²) in [5, 5.41) is 3.78. The van der Waals surface area contributed by atoms with Crippen molar-refractivity contribution in [1.82, 2.24) is 0 Å². The molecular weight excluding hydrogens is 561 g/mol. The number of carbonyl (C=O) groups is 2. The molecule has 0 saturated carbocycles. The number of anilines is 2. The van der Waals surface area contributed by atoms with Crippen LogP contribution in [0.15, 0.2) is 30.3 Å². The maximum absolute atomic E-state index is 14.5. The zero-order chi connectivity index (χ0) is 30.8. The molecule has 1 heterocycles. The molecular formula is C33H48N2O5Si2. The van der Waals surface area contributed by atoms with Gasteiger partial charge in [-0.2, -0.15) is 0 Å². The Hall–Kier alpha value is -2.47. The van der Waals surface area contributed by atoms with Crippen molar-refractivity contribution >= 4 is 39.8 Å². The molecule has 3 aliphatic rings. The molecule has 4 atom stereocenters. The number of methoxy groups -OCH3 is 1. The van der Waals surface area contributed by atoms with E-state index in [2.05, 4.69) is 65.4 Å². The van der Waals surface area contributed by atoms with Crippen LogP contribution in [0.3, 0.4) is 0 Å². The quantitative estimate of drug-likeness (QED) is 0.261. The van der Waals surface area contributed by atoms with Gasteiger partial charge in [-0.3, -0.25) is 9.59 Å². The van der Waals surface area contributed by atoms with Gasteiger partial charge in [-0.05, 0) is 115 Å². The van der Waals surface area contributed by atoms with Crippen molar-refractivity contribution in [1.29, 1.82) is 0 Å². The Balaban J connectivity index is 1.86. The maximum Gasteiger partial charge on any atom is 0.240 e. The highest BCUT2D eigenvalue weighted by molar-refractivity contribution is 6.70. The lowest BCUT2D eigenvalue weighted by Crippen LogP contribution is -2.45. The van der Waals surface area contributed by atoms with E-state index in [4.69, 9.17) is 13.6 Å². The Morgan fingerprint density at radius 1 is 0.786 bits per heavy atom. The molecule has 2 aromatic carbocycles. The highest BCUT2D eigenvalue weighted by Crippen LogP contribution is 2.60. The Kier molecular flexibility index (Phi) is 8.05. The van der Waals surface area contributed by atoms with Crippen LogP contribution in [-0.2, 0) is 31.3 Å². The first-order chi connectivity index (χ1) is 19.5. The normalized spacial score (nSPS) is 24.3. The third kappa shape index (κ3) is 5.73. The van der Waals surface area contributed by atoms with E-state index in [-0.39, 0.29) is 17.4 Å². The minimum Gasteiger partial charge on any atom is -0.494 e. The van der Waals surface area contributed by atoms with E-state index in [1.165, 1.54) is 16.0 Å². The predicted molar refractivity (Wildman–Crippen MR) is 173 cm³/mol. The minimum atomic E-state index is -2.22. The molecule has 7 nitrogen and oxygen atoms in total. The van der Waals surface area contributed by atoms with E-state index >= 15 is 0 Å². The van der Waals surface area contributed by atoms with Crippen LogP contribution in [0.25, 0.3) is 0 Å². The smallest absolute Gasteiger partial charge is 0.240 e. The Bertz CT molecular complexity index is 1370. The second kappa shape index (κ2) is 10.9. The Labute approximate surface area is 253 Å². The van der Waals surface area contributed by atoms with Gasteiger partial charge in [-0.1, -0.05) is 18.2 Å². The molecule has 0 radical (unpaired) electrons. The SMILES string of the molecule is COc1c(NC(C)(C)C)c2c(c3c1[C@H](O[Si](C)(C)C)[C@@H]1C(=O)N(c4ccccc4)C(=O)[C@@H]1[C@@H]3O[Si](C)(C)C)CCCC2. The summed E-state index contributed by atoms with van der Waals surface area (Å²) in [6.07, 6.45) is 2.81. The number of para-hydroxylation sites is 1. The molecule has 9 heteroatoms. The molecule has 0 unspecified atom stereocenters. The second-order valence-electron chi connectivity index (χ2n) is 15.0.